The number of hydrogen-bond donors (Lipinski definition) is 1. The summed E-state index contributed by atoms with van der Waals surface area (Å²) in [6, 6.07) is 10.3. The zero-order valence-corrected chi connectivity index (χ0v) is 12.8. The molecule has 112 valence electrons. The maximum Gasteiger partial charge on any atom is 0.224 e. The second kappa shape index (κ2) is 4.87. The van der Waals surface area contributed by atoms with Gasteiger partial charge in [-0.1, -0.05) is 37.3 Å². The van der Waals surface area contributed by atoms with Crippen molar-refractivity contribution >= 4 is 11.6 Å². The molecule has 0 unspecified atom stereocenters. The molecule has 0 saturated heterocycles. The van der Waals surface area contributed by atoms with Gasteiger partial charge in [0.2, 0.25) is 5.91 Å². The smallest absolute Gasteiger partial charge is 0.224 e. The Morgan fingerprint density at radius 1 is 1.23 bits per heavy atom. The average molecular weight is 292 g/mol. The predicted molar refractivity (Wildman–Crippen MR) is 88.8 cm³/mol. The van der Waals surface area contributed by atoms with Gasteiger partial charge in [-0.15, -0.1) is 0 Å². The number of anilines is 1. The highest BCUT2D eigenvalue weighted by atomic mass is 16.1. The number of fused-ring (bicyclic) bond motifs is 2. The van der Waals surface area contributed by atoms with Crippen molar-refractivity contribution in [3.05, 3.63) is 54.4 Å². The molecule has 1 aromatic heterocycles. The molecule has 0 fully saturated rings. The highest BCUT2D eigenvalue weighted by Gasteiger charge is 2.36. The SMILES string of the molecule is CC[C@]12C=CCn3ccc(c31)-c1ccccc1NC(=O)CC2. The maximum atomic E-state index is 12.3. The van der Waals surface area contributed by atoms with E-state index in [0.717, 1.165) is 30.6 Å². The molecular weight excluding hydrogens is 272 g/mol. The van der Waals surface area contributed by atoms with E-state index >= 15 is 0 Å². The number of nitrogens with zero attached hydrogens (tertiary/aromatic N) is 1. The normalized spacial score (nSPS) is 22.9. The number of allylic oxidation sites excluding steroid dienone is 2. The molecule has 3 heterocycles. The fourth-order valence-electron chi connectivity index (χ4n) is 3.91. The van der Waals surface area contributed by atoms with Crippen LogP contribution in [0.25, 0.3) is 11.1 Å². The van der Waals surface area contributed by atoms with E-state index in [4.69, 9.17) is 0 Å². The van der Waals surface area contributed by atoms with Crippen molar-refractivity contribution in [2.45, 2.75) is 38.1 Å². The van der Waals surface area contributed by atoms with Gasteiger partial charge in [0.25, 0.3) is 0 Å². The summed E-state index contributed by atoms with van der Waals surface area (Å²) in [7, 11) is 0. The van der Waals surface area contributed by atoms with Gasteiger partial charge in [-0.3, -0.25) is 4.79 Å². The summed E-state index contributed by atoms with van der Waals surface area (Å²) in [6.45, 7) is 3.14. The minimum atomic E-state index is -0.0358. The van der Waals surface area contributed by atoms with Crippen molar-refractivity contribution in [3.63, 3.8) is 0 Å². The third-order valence-electron chi connectivity index (χ3n) is 5.09. The summed E-state index contributed by atoms with van der Waals surface area (Å²) in [5.41, 5.74) is 4.62. The first-order valence-corrected chi connectivity index (χ1v) is 8.00. The molecule has 0 aliphatic carbocycles. The quantitative estimate of drug-likeness (QED) is 0.789. The second-order valence-electron chi connectivity index (χ2n) is 6.24. The van der Waals surface area contributed by atoms with E-state index < -0.39 is 0 Å². The Labute approximate surface area is 130 Å². The van der Waals surface area contributed by atoms with E-state index in [2.05, 4.69) is 47.3 Å². The van der Waals surface area contributed by atoms with Crippen LogP contribution in [0, 0.1) is 0 Å². The van der Waals surface area contributed by atoms with E-state index in [1.165, 1.54) is 11.3 Å². The zero-order valence-electron chi connectivity index (χ0n) is 12.8. The molecule has 1 aromatic carbocycles. The van der Waals surface area contributed by atoms with Gasteiger partial charge in [0, 0.05) is 47.1 Å². The van der Waals surface area contributed by atoms with Crippen LogP contribution in [0.5, 0.6) is 0 Å². The van der Waals surface area contributed by atoms with Crippen LogP contribution >= 0.6 is 0 Å². The van der Waals surface area contributed by atoms with Gasteiger partial charge in [0.05, 0.1) is 0 Å². The Balaban J connectivity index is 2.02. The second-order valence-corrected chi connectivity index (χ2v) is 6.24. The van der Waals surface area contributed by atoms with Crippen LogP contribution in [0.4, 0.5) is 5.69 Å². The number of rotatable bonds is 1. The summed E-state index contributed by atoms with van der Waals surface area (Å²) in [5.74, 6) is 0.107. The minimum absolute atomic E-state index is 0.0358. The van der Waals surface area contributed by atoms with Gasteiger partial charge in [-0.25, -0.2) is 0 Å². The lowest BCUT2D eigenvalue weighted by Gasteiger charge is -2.34. The molecule has 3 nitrogen and oxygen atoms in total. The maximum absolute atomic E-state index is 12.3. The van der Waals surface area contributed by atoms with Crippen LogP contribution in [-0.4, -0.2) is 10.5 Å². The van der Waals surface area contributed by atoms with Gasteiger partial charge in [-0.05, 0) is 25.0 Å². The molecule has 1 N–H and O–H groups in total. The van der Waals surface area contributed by atoms with Crippen LogP contribution in [0.2, 0.25) is 0 Å². The Morgan fingerprint density at radius 3 is 2.95 bits per heavy atom. The Morgan fingerprint density at radius 2 is 2.09 bits per heavy atom. The number of benzene rings is 1. The summed E-state index contributed by atoms with van der Waals surface area (Å²) in [6.07, 6.45) is 9.16. The van der Waals surface area contributed by atoms with E-state index in [9.17, 15) is 4.79 Å². The number of aromatic nitrogens is 1. The van der Waals surface area contributed by atoms with E-state index in [0.29, 0.717) is 6.42 Å². The Bertz CT molecular complexity index is 771. The fraction of sp³-hybridized carbons (Fsp3) is 0.316. The molecule has 1 amide bonds. The van der Waals surface area contributed by atoms with Crippen LogP contribution in [0.15, 0.2) is 48.7 Å². The van der Waals surface area contributed by atoms with Crippen LogP contribution in [0.1, 0.15) is 31.9 Å². The Hall–Kier alpha value is -2.29. The molecule has 0 spiro atoms. The molecule has 1 atom stereocenters. The Kier molecular flexibility index (Phi) is 2.96. The summed E-state index contributed by atoms with van der Waals surface area (Å²) in [5, 5.41) is 3.09. The summed E-state index contributed by atoms with van der Waals surface area (Å²) >= 11 is 0. The third kappa shape index (κ3) is 1.85. The highest BCUT2D eigenvalue weighted by molar-refractivity contribution is 5.96. The van der Waals surface area contributed by atoms with Crippen LogP contribution in [0.3, 0.4) is 0 Å². The lowest BCUT2D eigenvalue weighted by Crippen LogP contribution is -2.30. The van der Waals surface area contributed by atoms with Crippen LogP contribution in [-0.2, 0) is 16.8 Å². The number of nitrogens with one attached hydrogen (secondary N) is 1. The van der Waals surface area contributed by atoms with Gasteiger partial charge in [-0.2, -0.15) is 0 Å². The van der Waals surface area contributed by atoms with Crippen molar-refractivity contribution < 1.29 is 4.79 Å². The molecule has 0 bridgehead atoms. The molecule has 0 radical (unpaired) electrons. The van der Waals surface area contributed by atoms with Gasteiger partial charge in [0.1, 0.15) is 0 Å². The minimum Gasteiger partial charge on any atom is -0.346 e. The molecule has 3 heteroatoms. The van der Waals surface area contributed by atoms with Crippen molar-refractivity contribution in [1.29, 1.82) is 0 Å². The molecule has 22 heavy (non-hydrogen) atoms. The van der Waals surface area contributed by atoms with Crippen molar-refractivity contribution in [2.75, 3.05) is 5.32 Å². The first-order valence-electron chi connectivity index (χ1n) is 8.00. The fourth-order valence-corrected chi connectivity index (χ4v) is 3.91. The largest absolute Gasteiger partial charge is 0.346 e. The number of amides is 1. The average Bonchev–Trinajstić information content (AvgIpc) is 2.99. The van der Waals surface area contributed by atoms with Gasteiger partial charge < -0.3 is 9.88 Å². The molecule has 2 aliphatic rings. The van der Waals surface area contributed by atoms with Crippen LogP contribution < -0.4 is 5.32 Å². The lowest BCUT2D eigenvalue weighted by molar-refractivity contribution is -0.116. The van der Waals surface area contributed by atoms with Crippen molar-refractivity contribution in [3.8, 4) is 11.1 Å². The number of carbonyl (C=O) groups excluding carboxylic acids is 1. The number of hydrogen-bond acceptors (Lipinski definition) is 1. The van der Waals surface area contributed by atoms with E-state index in [1.807, 2.05) is 18.2 Å². The molecule has 2 aliphatic heterocycles. The molecular formula is C19H20N2O. The summed E-state index contributed by atoms with van der Waals surface area (Å²) in [4.78, 5) is 12.3. The topological polar surface area (TPSA) is 34.0 Å². The van der Waals surface area contributed by atoms with Gasteiger partial charge >= 0.3 is 0 Å². The predicted octanol–water partition coefficient (Wildman–Crippen LogP) is 4.11. The first-order chi connectivity index (χ1) is 10.7. The summed E-state index contributed by atoms with van der Waals surface area (Å²) < 4.78 is 2.34. The third-order valence-corrected chi connectivity index (χ3v) is 5.09. The molecule has 4 rings (SSSR count). The van der Waals surface area contributed by atoms with Crippen molar-refractivity contribution in [2.24, 2.45) is 0 Å². The molecule has 0 saturated carbocycles. The zero-order chi connectivity index (χ0) is 15.2. The number of para-hydroxylation sites is 1. The van der Waals surface area contributed by atoms with Gasteiger partial charge in [0.15, 0.2) is 0 Å². The number of carbonyl (C=O) groups is 1. The van der Waals surface area contributed by atoms with E-state index in [-0.39, 0.29) is 11.3 Å². The highest BCUT2D eigenvalue weighted by Crippen LogP contribution is 2.45. The lowest BCUT2D eigenvalue weighted by atomic mass is 9.74. The molecule has 2 aromatic rings. The standard InChI is InChI=1S/C19H20N2O/c1-2-19-10-5-12-21-13-9-15(18(19)21)14-6-3-4-7-16(14)20-17(22)8-11-19/h3-7,9-10,13H,2,8,11-12H2,1H3,(H,20,22)/t19-/m1/s1. The van der Waals surface area contributed by atoms with Crippen molar-refractivity contribution in [1.82, 2.24) is 4.57 Å². The van der Waals surface area contributed by atoms with E-state index in [1.54, 1.807) is 0 Å². The monoisotopic (exact) mass is 292 g/mol. The first kappa shape index (κ1) is 13.4.